The van der Waals surface area contributed by atoms with Gasteiger partial charge in [-0.05, 0) is 38.3 Å². The summed E-state index contributed by atoms with van der Waals surface area (Å²) in [7, 11) is 1.38. The lowest BCUT2D eigenvalue weighted by molar-refractivity contribution is -0.142. The van der Waals surface area contributed by atoms with Crippen molar-refractivity contribution in [2.75, 3.05) is 20.2 Å². The molecule has 0 amide bonds. The van der Waals surface area contributed by atoms with Crippen LogP contribution in [0.2, 0.25) is 0 Å². The maximum atomic E-state index is 11.0. The number of rotatable bonds is 3. The molecule has 1 aliphatic heterocycles. The molecule has 4 heteroatoms. The molecule has 1 fully saturated rings. The molecule has 1 aliphatic rings. The third-order valence-corrected chi connectivity index (χ3v) is 2.49. The lowest BCUT2D eigenvalue weighted by Crippen LogP contribution is -2.38. The Balaban J connectivity index is 2.25. The Labute approximate surface area is 78.8 Å². The Morgan fingerprint density at radius 1 is 1.77 bits per heavy atom. The fourth-order valence-electron chi connectivity index (χ4n) is 1.73. The van der Waals surface area contributed by atoms with Gasteiger partial charge in [0.2, 0.25) is 0 Å². The molecule has 0 unspecified atom stereocenters. The lowest BCUT2D eigenvalue weighted by atomic mass is 9.93. The van der Waals surface area contributed by atoms with Crippen LogP contribution in [0.3, 0.4) is 0 Å². The highest BCUT2D eigenvalue weighted by Gasteiger charge is 2.21. The van der Waals surface area contributed by atoms with Crippen molar-refractivity contribution in [3.63, 3.8) is 0 Å². The average molecular weight is 186 g/mol. The fraction of sp³-hybridized carbons (Fsp3) is 0.889. The molecule has 76 valence electrons. The Bertz CT molecular complexity index is 167. The third-order valence-electron chi connectivity index (χ3n) is 2.49. The molecule has 0 radical (unpaired) electrons. The van der Waals surface area contributed by atoms with E-state index in [4.69, 9.17) is 5.73 Å². The zero-order chi connectivity index (χ0) is 9.68. The van der Waals surface area contributed by atoms with Crippen molar-refractivity contribution in [1.29, 1.82) is 0 Å². The molecule has 0 aromatic rings. The minimum absolute atomic E-state index is 0.300. The zero-order valence-corrected chi connectivity index (χ0v) is 8.08. The molecule has 13 heavy (non-hydrogen) atoms. The molecule has 0 aromatic carbocycles. The van der Waals surface area contributed by atoms with E-state index in [1.165, 1.54) is 13.5 Å². The van der Waals surface area contributed by atoms with Gasteiger partial charge in [0.1, 0.15) is 6.04 Å². The van der Waals surface area contributed by atoms with Crippen molar-refractivity contribution in [2.45, 2.75) is 25.3 Å². The van der Waals surface area contributed by atoms with E-state index in [9.17, 15) is 4.79 Å². The summed E-state index contributed by atoms with van der Waals surface area (Å²) in [5.41, 5.74) is 5.66. The minimum atomic E-state index is -0.449. The molecule has 1 heterocycles. The van der Waals surface area contributed by atoms with E-state index in [-0.39, 0.29) is 5.97 Å². The smallest absolute Gasteiger partial charge is 0.322 e. The van der Waals surface area contributed by atoms with E-state index in [1.54, 1.807) is 0 Å². The number of nitrogens with two attached hydrogens (primary N) is 1. The normalized spacial score (nSPS) is 25.2. The number of esters is 1. The molecule has 1 rings (SSSR count). The average Bonchev–Trinajstić information content (AvgIpc) is 2.18. The van der Waals surface area contributed by atoms with Crippen LogP contribution in [0.15, 0.2) is 0 Å². The van der Waals surface area contributed by atoms with Gasteiger partial charge in [-0.2, -0.15) is 0 Å². The fourth-order valence-corrected chi connectivity index (χ4v) is 1.73. The number of carbonyl (C=O) groups is 1. The molecule has 0 aromatic heterocycles. The summed E-state index contributed by atoms with van der Waals surface area (Å²) >= 11 is 0. The second-order valence-corrected chi connectivity index (χ2v) is 3.58. The van der Waals surface area contributed by atoms with Gasteiger partial charge in [0.15, 0.2) is 0 Å². The molecule has 2 atom stereocenters. The summed E-state index contributed by atoms with van der Waals surface area (Å²) in [4.78, 5) is 11.0. The summed E-state index contributed by atoms with van der Waals surface area (Å²) in [6, 6.07) is -0.449. The monoisotopic (exact) mass is 186 g/mol. The zero-order valence-electron chi connectivity index (χ0n) is 8.08. The van der Waals surface area contributed by atoms with Gasteiger partial charge < -0.3 is 15.8 Å². The first kappa shape index (κ1) is 10.5. The van der Waals surface area contributed by atoms with Crippen LogP contribution in [-0.2, 0) is 9.53 Å². The van der Waals surface area contributed by atoms with Crippen molar-refractivity contribution >= 4 is 5.97 Å². The summed E-state index contributed by atoms with van der Waals surface area (Å²) in [5.74, 6) is 0.230. The lowest BCUT2D eigenvalue weighted by Gasteiger charge is -2.24. The Kier molecular flexibility index (Phi) is 4.18. The van der Waals surface area contributed by atoms with Gasteiger partial charge in [0.05, 0.1) is 7.11 Å². The molecule has 0 aliphatic carbocycles. The van der Waals surface area contributed by atoms with E-state index < -0.39 is 6.04 Å². The predicted molar refractivity (Wildman–Crippen MR) is 50.2 cm³/mol. The number of carbonyl (C=O) groups excluding carboxylic acids is 1. The van der Waals surface area contributed by atoms with E-state index in [0.717, 1.165) is 25.9 Å². The SMILES string of the molecule is COC(=O)[C@@H](N)C[C@@H]1CCCNC1. The minimum Gasteiger partial charge on any atom is -0.468 e. The number of hydrogen-bond acceptors (Lipinski definition) is 4. The van der Waals surface area contributed by atoms with Gasteiger partial charge in [0.25, 0.3) is 0 Å². The molecule has 0 spiro atoms. The van der Waals surface area contributed by atoms with Crippen molar-refractivity contribution in [1.82, 2.24) is 5.32 Å². The van der Waals surface area contributed by atoms with Crippen LogP contribution in [0.4, 0.5) is 0 Å². The van der Waals surface area contributed by atoms with Crippen LogP contribution < -0.4 is 11.1 Å². The number of ether oxygens (including phenoxy) is 1. The molecule has 0 saturated carbocycles. The highest BCUT2D eigenvalue weighted by Crippen LogP contribution is 2.15. The van der Waals surface area contributed by atoms with Crippen molar-refractivity contribution in [3.8, 4) is 0 Å². The van der Waals surface area contributed by atoms with E-state index in [0.29, 0.717) is 5.92 Å². The largest absolute Gasteiger partial charge is 0.468 e. The summed E-state index contributed by atoms with van der Waals surface area (Å²) in [5, 5.41) is 3.29. The van der Waals surface area contributed by atoms with Crippen molar-refractivity contribution in [3.05, 3.63) is 0 Å². The van der Waals surface area contributed by atoms with Gasteiger partial charge >= 0.3 is 5.97 Å². The highest BCUT2D eigenvalue weighted by molar-refractivity contribution is 5.75. The van der Waals surface area contributed by atoms with Gasteiger partial charge in [-0.1, -0.05) is 0 Å². The Morgan fingerprint density at radius 3 is 3.08 bits per heavy atom. The standard InChI is InChI=1S/C9H18N2O2/c1-13-9(12)8(10)5-7-3-2-4-11-6-7/h7-8,11H,2-6,10H2,1H3/t7-,8-/m0/s1. The third kappa shape index (κ3) is 3.32. The van der Waals surface area contributed by atoms with Crippen molar-refractivity contribution in [2.24, 2.45) is 11.7 Å². The van der Waals surface area contributed by atoms with Gasteiger partial charge in [-0.3, -0.25) is 4.79 Å². The Hall–Kier alpha value is -0.610. The molecule has 1 saturated heterocycles. The molecular weight excluding hydrogens is 168 g/mol. The number of piperidine rings is 1. The van der Waals surface area contributed by atoms with Gasteiger partial charge in [0, 0.05) is 0 Å². The second-order valence-electron chi connectivity index (χ2n) is 3.58. The maximum Gasteiger partial charge on any atom is 0.322 e. The summed E-state index contributed by atoms with van der Waals surface area (Å²) in [6.07, 6.45) is 3.08. The topological polar surface area (TPSA) is 64.3 Å². The van der Waals surface area contributed by atoms with E-state index in [2.05, 4.69) is 10.1 Å². The Morgan fingerprint density at radius 2 is 2.54 bits per heavy atom. The summed E-state index contributed by atoms with van der Waals surface area (Å²) in [6.45, 7) is 2.06. The van der Waals surface area contributed by atoms with Gasteiger partial charge in [-0.25, -0.2) is 0 Å². The number of hydrogen-bond donors (Lipinski definition) is 2. The molecule has 0 bridgehead atoms. The van der Waals surface area contributed by atoms with Crippen LogP contribution in [0.25, 0.3) is 0 Å². The van der Waals surface area contributed by atoms with Gasteiger partial charge in [-0.15, -0.1) is 0 Å². The molecule has 3 N–H and O–H groups in total. The molecule has 4 nitrogen and oxygen atoms in total. The first-order valence-corrected chi connectivity index (χ1v) is 4.78. The van der Waals surface area contributed by atoms with E-state index in [1.807, 2.05) is 0 Å². The summed E-state index contributed by atoms with van der Waals surface area (Å²) < 4.78 is 4.57. The van der Waals surface area contributed by atoms with Crippen LogP contribution in [-0.4, -0.2) is 32.2 Å². The van der Waals surface area contributed by atoms with Crippen LogP contribution >= 0.6 is 0 Å². The first-order valence-electron chi connectivity index (χ1n) is 4.78. The van der Waals surface area contributed by atoms with Crippen LogP contribution in [0.5, 0.6) is 0 Å². The highest BCUT2D eigenvalue weighted by atomic mass is 16.5. The maximum absolute atomic E-state index is 11.0. The molecular formula is C9H18N2O2. The predicted octanol–water partition coefficient (Wildman–Crippen LogP) is -0.124. The van der Waals surface area contributed by atoms with E-state index >= 15 is 0 Å². The second kappa shape index (κ2) is 5.19. The number of nitrogens with one attached hydrogen (secondary N) is 1. The quantitative estimate of drug-likeness (QED) is 0.603. The van der Waals surface area contributed by atoms with Crippen LogP contribution in [0, 0.1) is 5.92 Å². The number of methoxy groups -OCH3 is 1. The van der Waals surface area contributed by atoms with Crippen molar-refractivity contribution < 1.29 is 9.53 Å². The first-order chi connectivity index (χ1) is 6.24. The van der Waals surface area contributed by atoms with Crippen LogP contribution in [0.1, 0.15) is 19.3 Å².